The van der Waals surface area contributed by atoms with Gasteiger partial charge in [0.15, 0.2) is 0 Å². The number of hydrogen-bond donors (Lipinski definition) is 3. The Hall–Kier alpha value is -4.81. The van der Waals surface area contributed by atoms with Gasteiger partial charge in [0.25, 0.3) is 5.97 Å². The van der Waals surface area contributed by atoms with Crippen LogP contribution in [0.2, 0.25) is 0 Å². The van der Waals surface area contributed by atoms with E-state index in [4.69, 9.17) is 14.2 Å². The molecule has 249 valence electrons. The minimum absolute atomic E-state index is 0. The maximum Gasteiger partial charge on any atom is 0.317 e. The third-order valence-corrected chi connectivity index (χ3v) is 7.52. The van der Waals surface area contributed by atoms with Crippen molar-refractivity contribution in [3.63, 3.8) is 0 Å². The Balaban J connectivity index is 0.00000600. The zero-order valence-corrected chi connectivity index (χ0v) is 27.2. The molecule has 13 heteroatoms. The van der Waals surface area contributed by atoms with Gasteiger partial charge in [-0.25, -0.2) is 0 Å². The average molecular weight is 685 g/mol. The van der Waals surface area contributed by atoms with Gasteiger partial charge >= 0.3 is 5.97 Å². The molecule has 2 heterocycles. The first-order chi connectivity index (χ1) is 22.2. The molecule has 47 heavy (non-hydrogen) atoms. The van der Waals surface area contributed by atoms with Crippen molar-refractivity contribution in [3.8, 4) is 23.0 Å². The molecule has 3 N–H and O–H groups in total. The van der Waals surface area contributed by atoms with E-state index in [-0.39, 0.29) is 48.2 Å². The number of pyridine rings is 2. The Labute approximate surface area is 284 Å². The zero-order chi connectivity index (χ0) is 33.2. The number of phenolic OH excluding ortho intramolecular Hbond substituents is 2. The summed E-state index contributed by atoms with van der Waals surface area (Å²) in [6.45, 7) is -0.590. The van der Waals surface area contributed by atoms with Crippen LogP contribution < -0.4 is 14.0 Å². The number of ether oxygens (including phenoxy) is 3. The van der Waals surface area contributed by atoms with E-state index in [9.17, 15) is 24.9 Å². The number of carbonyl (C=O) groups is 2. The Bertz CT molecular complexity index is 1640. The number of phenols is 2. The monoisotopic (exact) mass is 684 g/mol. The maximum atomic E-state index is 12.8. The van der Waals surface area contributed by atoms with Crippen molar-refractivity contribution in [2.75, 3.05) is 40.4 Å². The Morgan fingerprint density at radius 3 is 1.94 bits per heavy atom. The fraction of sp³-hybridized carbons (Fsp3) is 0.235. The molecule has 0 saturated carbocycles. The summed E-state index contributed by atoms with van der Waals surface area (Å²) in [6.07, 6.45) is 3.32. The van der Waals surface area contributed by atoms with E-state index >= 15 is 0 Å². The van der Waals surface area contributed by atoms with Crippen LogP contribution in [0.15, 0.2) is 85.2 Å². The average Bonchev–Trinajstić information content (AvgIpc) is 3.06. The van der Waals surface area contributed by atoms with Gasteiger partial charge in [0, 0.05) is 54.5 Å². The second-order valence-electron chi connectivity index (χ2n) is 10.4. The third-order valence-electron chi connectivity index (χ3n) is 7.52. The van der Waals surface area contributed by atoms with Crippen LogP contribution in [-0.4, -0.2) is 82.4 Å². The molecular weight excluding hydrogens is 647 g/mol. The predicted molar refractivity (Wildman–Crippen MR) is 167 cm³/mol. The number of methoxy groups -OCH3 is 2. The molecular formula is C34H37MnN4O8-. The van der Waals surface area contributed by atoms with Gasteiger partial charge in [0.05, 0.1) is 51.3 Å². The van der Waals surface area contributed by atoms with Crippen LogP contribution >= 0.6 is 0 Å². The summed E-state index contributed by atoms with van der Waals surface area (Å²) in [5, 5.41) is 32.1. The first kappa shape index (κ1) is 36.7. The summed E-state index contributed by atoms with van der Waals surface area (Å²) in [5.74, 6) is -0.978. The predicted octanol–water partition coefficient (Wildman–Crippen LogP) is 3.34. The standard InChI is InChI=1S/C34H37N4O8.Mn/c1-36-16-8-6-10-28(36)34(26-20-24(45-3)12-14-30(26)40)37(21-31(41)42)17-18-38(22-32(43)46-4)33(27-9-5-7-15-35-27)25-19-23(44-2)11-13-29(25)39;/h5-16,19-20,33-34,39-40H,1,4,17-18,21-22H2,2-3H3,(H,41,42);/q-1;/t33-,34?;/m0./s1. The van der Waals surface area contributed by atoms with Gasteiger partial charge in [0.2, 0.25) is 0 Å². The van der Waals surface area contributed by atoms with E-state index in [1.807, 2.05) is 0 Å². The smallest absolute Gasteiger partial charge is 0.317 e. The molecule has 2 atom stereocenters. The molecule has 4 rings (SSSR count). The van der Waals surface area contributed by atoms with Crippen LogP contribution in [0, 0.1) is 14.2 Å². The zero-order valence-electron chi connectivity index (χ0n) is 26.0. The second kappa shape index (κ2) is 17.2. The number of esters is 1. The van der Waals surface area contributed by atoms with E-state index in [0.717, 1.165) is 0 Å². The van der Waals surface area contributed by atoms with Gasteiger partial charge in [-0.3, -0.25) is 24.4 Å². The molecule has 0 aliphatic heterocycles. The van der Waals surface area contributed by atoms with Crippen molar-refractivity contribution in [1.29, 1.82) is 0 Å². The number of nitrogens with zero attached hydrogens (tertiary/aromatic N) is 4. The molecule has 0 saturated heterocycles. The number of aliphatic carboxylic acids is 1. The van der Waals surface area contributed by atoms with E-state index in [2.05, 4.69) is 19.1 Å². The van der Waals surface area contributed by atoms with E-state index < -0.39 is 30.6 Å². The Morgan fingerprint density at radius 2 is 1.43 bits per heavy atom. The van der Waals surface area contributed by atoms with Gasteiger partial charge in [0.1, 0.15) is 28.7 Å². The van der Waals surface area contributed by atoms with Crippen LogP contribution in [0.3, 0.4) is 0 Å². The molecule has 2 aromatic carbocycles. The molecule has 0 spiro atoms. The Kier molecular flexibility index (Phi) is 13.4. The first-order valence-electron chi connectivity index (χ1n) is 14.3. The third kappa shape index (κ3) is 9.14. The largest absolute Gasteiger partial charge is 0.639 e. The molecule has 0 fully saturated rings. The van der Waals surface area contributed by atoms with Gasteiger partial charge in [-0.15, -0.1) is 0 Å². The number of aromatic hydroxyl groups is 2. The maximum absolute atomic E-state index is 12.8. The molecule has 12 nitrogen and oxygen atoms in total. The molecule has 1 unspecified atom stereocenters. The normalized spacial score (nSPS) is 12.2. The van der Waals surface area contributed by atoms with Gasteiger partial charge in [-0.1, -0.05) is 24.3 Å². The van der Waals surface area contributed by atoms with Crippen molar-refractivity contribution in [2.45, 2.75) is 12.1 Å². The summed E-state index contributed by atoms with van der Waals surface area (Å²) in [6, 6.07) is 18.5. The first-order valence-corrected chi connectivity index (χ1v) is 14.3. The number of rotatable bonds is 15. The minimum Gasteiger partial charge on any atom is -0.639 e. The quantitative estimate of drug-likeness (QED) is 0.0734. The molecule has 0 amide bonds. The van der Waals surface area contributed by atoms with Crippen molar-refractivity contribution < 1.29 is 60.8 Å². The van der Waals surface area contributed by atoms with E-state index in [0.29, 0.717) is 34.0 Å². The summed E-state index contributed by atoms with van der Waals surface area (Å²) < 4.78 is 17.2. The summed E-state index contributed by atoms with van der Waals surface area (Å²) in [4.78, 5) is 33.0. The van der Waals surface area contributed by atoms with Crippen LogP contribution in [0.1, 0.15) is 34.6 Å². The van der Waals surface area contributed by atoms with Gasteiger partial charge in [-0.05, 0) is 48.5 Å². The number of carboxylic acid groups (broad SMARTS) is 1. The van der Waals surface area contributed by atoms with Crippen molar-refractivity contribution in [3.05, 3.63) is 122 Å². The summed E-state index contributed by atoms with van der Waals surface area (Å²) in [7, 11) is 10.3. The molecule has 1 radical (unpaired) electrons. The fourth-order valence-electron chi connectivity index (χ4n) is 5.36. The fourth-order valence-corrected chi connectivity index (χ4v) is 5.36. The minimum atomic E-state index is -1.12. The van der Waals surface area contributed by atoms with E-state index in [1.165, 1.54) is 26.4 Å². The Morgan fingerprint density at radius 1 is 0.851 bits per heavy atom. The molecule has 0 aliphatic rings. The van der Waals surface area contributed by atoms with E-state index in [1.54, 1.807) is 87.4 Å². The number of aromatic nitrogens is 2. The van der Waals surface area contributed by atoms with Gasteiger partial charge < -0.3 is 34.1 Å². The van der Waals surface area contributed by atoms with Crippen LogP contribution in [-0.2, 0) is 31.4 Å². The number of hydrogen-bond acceptors (Lipinski definition) is 10. The van der Waals surface area contributed by atoms with Gasteiger partial charge in [-0.2, -0.15) is 7.11 Å². The molecule has 0 aliphatic carbocycles. The number of carboxylic acids is 1. The summed E-state index contributed by atoms with van der Waals surface area (Å²) in [5.41, 5.74) is 1.89. The molecule has 4 aromatic rings. The van der Waals surface area contributed by atoms with Crippen LogP contribution in [0.25, 0.3) is 0 Å². The van der Waals surface area contributed by atoms with Crippen molar-refractivity contribution >= 4 is 11.9 Å². The van der Waals surface area contributed by atoms with Crippen molar-refractivity contribution in [2.24, 2.45) is 0 Å². The van der Waals surface area contributed by atoms with Crippen LogP contribution in [0.4, 0.5) is 0 Å². The van der Waals surface area contributed by atoms with Crippen LogP contribution in [0.5, 0.6) is 23.0 Å². The number of carbonyl (C=O) groups excluding carboxylic acids is 1. The topological polar surface area (TPSA) is 146 Å². The molecule has 2 aromatic heterocycles. The SMILES string of the molecule is [CH2-]OC(=O)CN(CCN(CC(=O)O)C(c1cc(OC)ccc1O)c1cccc[n+]1[CH2-])[C@H](c1ccccn1)c1cc(OC)ccc1O.[Mn]. The molecule has 0 bridgehead atoms. The van der Waals surface area contributed by atoms with Crippen molar-refractivity contribution in [1.82, 2.24) is 14.8 Å². The summed E-state index contributed by atoms with van der Waals surface area (Å²) >= 11 is 0. The number of benzene rings is 2. The second-order valence-corrected chi connectivity index (χ2v) is 10.4.